The van der Waals surface area contributed by atoms with Gasteiger partial charge in [0, 0.05) is 50.4 Å². The summed E-state index contributed by atoms with van der Waals surface area (Å²) in [7, 11) is -2.99. The molecule has 1 amide bonds. The Morgan fingerprint density at radius 2 is 2.07 bits per heavy atom. The Bertz CT molecular complexity index is 983. The number of aliphatic imine (C=N–C) groups is 1. The second-order valence-corrected chi connectivity index (χ2v) is 9.76. The predicted octanol–water partition coefficient (Wildman–Crippen LogP) is 1.28. The van der Waals surface area contributed by atoms with Crippen LogP contribution in [0.2, 0.25) is 0 Å². The smallest absolute Gasteiger partial charge is 0.222 e. The monoisotopic (exact) mass is 433 g/mol. The molecular weight excluding hydrogens is 402 g/mol. The lowest BCUT2D eigenvalue weighted by atomic mass is 10.2. The van der Waals surface area contributed by atoms with Gasteiger partial charge in [0.25, 0.3) is 0 Å². The molecular formula is C21H31N5O3S. The van der Waals surface area contributed by atoms with E-state index < -0.39 is 9.84 Å². The SMILES string of the molecule is CCNC(=NCCCn1ccc2ccccc21)NCCC(=O)NC1CCS(=O)(=O)C1. The fourth-order valence-electron chi connectivity index (χ4n) is 3.61. The highest BCUT2D eigenvalue weighted by atomic mass is 32.2. The first kappa shape index (κ1) is 22.1. The van der Waals surface area contributed by atoms with E-state index in [4.69, 9.17) is 0 Å². The first-order valence-corrected chi connectivity index (χ1v) is 12.3. The number of nitrogens with zero attached hydrogens (tertiary/aromatic N) is 2. The van der Waals surface area contributed by atoms with Crippen molar-refractivity contribution in [3.8, 4) is 0 Å². The molecule has 1 saturated heterocycles. The van der Waals surface area contributed by atoms with E-state index in [0.29, 0.717) is 25.5 Å². The molecule has 2 aromatic rings. The Kier molecular flexibility index (Phi) is 7.73. The van der Waals surface area contributed by atoms with Gasteiger partial charge in [-0.2, -0.15) is 0 Å². The Morgan fingerprint density at radius 1 is 1.23 bits per heavy atom. The molecule has 30 heavy (non-hydrogen) atoms. The molecule has 3 N–H and O–H groups in total. The number of aryl methyl sites for hydroxylation is 1. The maximum absolute atomic E-state index is 12.0. The summed E-state index contributed by atoms with van der Waals surface area (Å²) in [5, 5.41) is 10.4. The molecule has 0 aliphatic carbocycles. The topological polar surface area (TPSA) is 105 Å². The first-order chi connectivity index (χ1) is 14.5. The van der Waals surface area contributed by atoms with Gasteiger partial charge in [-0.05, 0) is 37.3 Å². The van der Waals surface area contributed by atoms with Crippen LogP contribution in [0, 0.1) is 0 Å². The summed E-state index contributed by atoms with van der Waals surface area (Å²) in [6.07, 6.45) is 3.79. The molecule has 1 aromatic carbocycles. The Hall–Kier alpha value is -2.55. The van der Waals surface area contributed by atoms with Crippen LogP contribution in [0.25, 0.3) is 10.9 Å². The van der Waals surface area contributed by atoms with Gasteiger partial charge in [-0.25, -0.2) is 8.42 Å². The van der Waals surface area contributed by atoms with Crippen molar-refractivity contribution in [2.24, 2.45) is 4.99 Å². The van der Waals surface area contributed by atoms with Crippen molar-refractivity contribution in [3.63, 3.8) is 0 Å². The third-order valence-electron chi connectivity index (χ3n) is 5.09. The second kappa shape index (κ2) is 10.5. The summed E-state index contributed by atoms with van der Waals surface area (Å²) in [6, 6.07) is 10.2. The summed E-state index contributed by atoms with van der Waals surface area (Å²) in [6.45, 7) is 4.74. The maximum atomic E-state index is 12.0. The van der Waals surface area contributed by atoms with Gasteiger partial charge < -0.3 is 20.5 Å². The normalized spacial score (nSPS) is 18.4. The van der Waals surface area contributed by atoms with Crippen molar-refractivity contribution in [1.82, 2.24) is 20.5 Å². The van der Waals surface area contributed by atoms with Crippen LogP contribution in [0.15, 0.2) is 41.5 Å². The van der Waals surface area contributed by atoms with Crippen molar-refractivity contribution in [1.29, 1.82) is 0 Å². The number of sulfone groups is 1. The van der Waals surface area contributed by atoms with E-state index in [0.717, 1.165) is 19.5 Å². The highest BCUT2D eigenvalue weighted by Crippen LogP contribution is 2.15. The number of amides is 1. The van der Waals surface area contributed by atoms with Crippen molar-refractivity contribution >= 4 is 32.6 Å². The van der Waals surface area contributed by atoms with E-state index >= 15 is 0 Å². The van der Waals surface area contributed by atoms with E-state index in [1.54, 1.807) is 0 Å². The molecule has 2 heterocycles. The number of nitrogens with one attached hydrogen (secondary N) is 3. The van der Waals surface area contributed by atoms with Gasteiger partial charge in [0.1, 0.15) is 0 Å². The van der Waals surface area contributed by atoms with Crippen molar-refractivity contribution in [3.05, 3.63) is 36.5 Å². The number of rotatable bonds is 9. The zero-order chi connectivity index (χ0) is 21.4. The molecule has 0 saturated carbocycles. The number of fused-ring (bicyclic) bond motifs is 1. The highest BCUT2D eigenvalue weighted by molar-refractivity contribution is 7.91. The molecule has 3 rings (SSSR count). The molecule has 0 bridgehead atoms. The van der Waals surface area contributed by atoms with Gasteiger partial charge in [0.05, 0.1) is 11.5 Å². The number of aromatic nitrogens is 1. The first-order valence-electron chi connectivity index (χ1n) is 10.5. The molecule has 8 nitrogen and oxygen atoms in total. The van der Waals surface area contributed by atoms with Crippen LogP contribution >= 0.6 is 0 Å². The Balaban J connectivity index is 1.39. The van der Waals surface area contributed by atoms with Gasteiger partial charge in [-0.3, -0.25) is 9.79 Å². The molecule has 1 aromatic heterocycles. The zero-order valence-corrected chi connectivity index (χ0v) is 18.2. The molecule has 1 aliphatic heterocycles. The van der Waals surface area contributed by atoms with Gasteiger partial charge >= 0.3 is 0 Å². The quantitative estimate of drug-likeness (QED) is 0.314. The fourth-order valence-corrected chi connectivity index (χ4v) is 5.29. The number of para-hydroxylation sites is 1. The van der Waals surface area contributed by atoms with Gasteiger partial charge in [0.2, 0.25) is 5.91 Å². The summed E-state index contributed by atoms with van der Waals surface area (Å²) in [4.78, 5) is 16.6. The van der Waals surface area contributed by atoms with Crippen LogP contribution in [-0.2, 0) is 21.2 Å². The van der Waals surface area contributed by atoms with Crippen molar-refractivity contribution < 1.29 is 13.2 Å². The van der Waals surface area contributed by atoms with E-state index in [1.807, 2.05) is 19.1 Å². The lowest BCUT2D eigenvalue weighted by Crippen LogP contribution is -2.41. The minimum atomic E-state index is -2.99. The van der Waals surface area contributed by atoms with Crippen LogP contribution in [-0.4, -0.2) is 62.0 Å². The average molecular weight is 434 g/mol. The van der Waals surface area contributed by atoms with E-state index in [1.165, 1.54) is 10.9 Å². The van der Waals surface area contributed by atoms with Crippen molar-refractivity contribution in [2.75, 3.05) is 31.1 Å². The molecule has 1 atom stereocenters. The summed E-state index contributed by atoms with van der Waals surface area (Å²) in [5.74, 6) is 0.755. The summed E-state index contributed by atoms with van der Waals surface area (Å²) >= 11 is 0. The largest absolute Gasteiger partial charge is 0.357 e. The Morgan fingerprint density at radius 3 is 2.83 bits per heavy atom. The molecule has 1 unspecified atom stereocenters. The van der Waals surface area contributed by atoms with E-state index in [9.17, 15) is 13.2 Å². The molecule has 0 radical (unpaired) electrons. The standard InChI is InChI=1S/C21H31N5O3S/c1-2-22-21(24-12-8-20(27)25-18-10-15-30(28,29)16-18)23-11-5-13-26-14-9-17-6-3-4-7-19(17)26/h3-4,6-7,9,14,18H,2,5,8,10-13,15-16H2,1H3,(H,25,27)(H2,22,23,24). The van der Waals surface area contributed by atoms with Crippen LogP contribution < -0.4 is 16.0 Å². The van der Waals surface area contributed by atoms with Crippen LogP contribution in [0.3, 0.4) is 0 Å². The fraction of sp³-hybridized carbons (Fsp3) is 0.524. The minimum Gasteiger partial charge on any atom is -0.357 e. The zero-order valence-electron chi connectivity index (χ0n) is 17.4. The second-order valence-electron chi connectivity index (χ2n) is 7.53. The predicted molar refractivity (Wildman–Crippen MR) is 120 cm³/mol. The third kappa shape index (κ3) is 6.48. The number of hydrogen-bond donors (Lipinski definition) is 3. The molecule has 164 valence electrons. The Labute approximate surface area is 178 Å². The van der Waals surface area contributed by atoms with Gasteiger partial charge in [-0.15, -0.1) is 0 Å². The number of benzene rings is 1. The lowest BCUT2D eigenvalue weighted by molar-refractivity contribution is -0.121. The summed E-state index contributed by atoms with van der Waals surface area (Å²) in [5.41, 5.74) is 1.23. The molecule has 1 fully saturated rings. The van der Waals surface area contributed by atoms with Crippen molar-refractivity contribution in [2.45, 2.75) is 38.8 Å². The average Bonchev–Trinajstić information content (AvgIpc) is 3.27. The number of carbonyl (C=O) groups is 1. The third-order valence-corrected chi connectivity index (χ3v) is 6.86. The van der Waals surface area contributed by atoms with Gasteiger partial charge in [0.15, 0.2) is 15.8 Å². The summed E-state index contributed by atoms with van der Waals surface area (Å²) < 4.78 is 25.2. The number of carbonyl (C=O) groups excluding carboxylic acids is 1. The molecule has 1 aliphatic rings. The van der Waals surface area contributed by atoms with Gasteiger partial charge in [-0.1, -0.05) is 18.2 Å². The highest BCUT2D eigenvalue weighted by Gasteiger charge is 2.28. The molecule has 0 spiro atoms. The van der Waals surface area contributed by atoms with E-state index in [-0.39, 0.29) is 29.9 Å². The lowest BCUT2D eigenvalue weighted by Gasteiger charge is -2.13. The van der Waals surface area contributed by atoms with Crippen LogP contribution in [0.4, 0.5) is 0 Å². The maximum Gasteiger partial charge on any atom is 0.222 e. The van der Waals surface area contributed by atoms with Crippen LogP contribution in [0.1, 0.15) is 26.2 Å². The van der Waals surface area contributed by atoms with Crippen LogP contribution in [0.5, 0.6) is 0 Å². The number of hydrogen-bond acceptors (Lipinski definition) is 4. The minimum absolute atomic E-state index is 0.0486. The molecule has 9 heteroatoms. The van der Waals surface area contributed by atoms with E-state index in [2.05, 4.69) is 49.9 Å². The number of guanidine groups is 1.